The molecule has 2 saturated carbocycles. The van der Waals surface area contributed by atoms with E-state index in [2.05, 4.69) is 20.4 Å². The first-order chi connectivity index (χ1) is 12.7. The van der Waals surface area contributed by atoms with Crippen LogP contribution in [0.2, 0.25) is 0 Å². The van der Waals surface area contributed by atoms with Gasteiger partial charge in [-0.3, -0.25) is 4.79 Å². The van der Waals surface area contributed by atoms with Gasteiger partial charge >= 0.3 is 0 Å². The SMILES string of the molecule is O=C(NC1(c2csc(NSC3CC3)n2)CC1)c1ccc2ccccc2n1. The van der Waals surface area contributed by atoms with Crippen molar-refractivity contribution in [1.29, 1.82) is 0 Å². The summed E-state index contributed by atoms with van der Waals surface area (Å²) in [6.07, 6.45) is 4.42. The number of aromatic nitrogens is 2. The first-order valence-corrected chi connectivity index (χ1v) is 10.5. The van der Waals surface area contributed by atoms with Crippen LogP contribution in [0.1, 0.15) is 41.9 Å². The topological polar surface area (TPSA) is 66.9 Å². The van der Waals surface area contributed by atoms with E-state index >= 15 is 0 Å². The first-order valence-electron chi connectivity index (χ1n) is 8.78. The number of nitrogens with one attached hydrogen (secondary N) is 2. The van der Waals surface area contributed by atoms with Crippen molar-refractivity contribution in [2.24, 2.45) is 0 Å². The van der Waals surface area contributed by atoms with Crippen LogP contribution >= 0.6 is 23.3 Å². The van der Waals surface area contributed by atoms with Gasteiger partial charge in [0.2, 0.25) is 0 Å². The summed E-state index contributed by atoms with van der Waals surface area (Å²) in [7, 11) is 0. The highest BCUT2D eigenvalue weighted by Crippen LogP contribution is 2.46. The van der Waals surface area contributed by atoms with Gasteiger partial charge in [-0.05, 0) is 49.8 Å². The van der Waals surface area contributed by atoms with E-state index in [1.54, 1.807) is 29.4 Å². The summed E-state index contributed by atoms with van der Waals surface area (Å²) in [4.78, 5) is 21.9. The number of thiazole rings is 1. The largest absolute Gasteiger partial charge is 0.340 e. The van der Waals surface area contributed by atoms with Crippen LogP contribution in [0.5, 0.6) is 0 Å². The van der Waals surface area contributed by atoms with Crippen molar-refractivity contribution in [3.05, 3.63) is 53.2 Å². The van der Waals surface area contributed by atoms with Gasteiger partial charge in [-0.25, -0.2) is 9.97 Å². The van der Waals surface area contributed by atoms with Crippen molar-refractivity contribution in [2.75, 3.05) is 4.72 Å². The molecule has 26 heavy (non-hydrogen) atoms. The van der Waals surface area contributed by atoms with E-state index in [1.807, 2.05) is 30.3 Å². The minimum absolute atomic E-state index is 0.136. The van der Waals surface area contributed by atoms with Gasteiger partial charge < -0.3 is 10.0 Å². The fourth-order valence-corrected chi connectivity index (χ4v) is 4.58. The molecule has 2 fully saturated rings. The first kappa shape index (κ1) is 16.1. The van der Waals surface area contributed by atoms with Gasteiger partial charge in [-0.2, -0.15) is 0 Å². The Hall–Kier alpha value is -2.12. The lowest BCUT2D eigenvalue weighted by Gasteiger charge is -2.15. The molecular weight excluding hydrogens is 364 g/mol. The fraction of sp³-hybridized carbons (Fsp3) is 0.316. The van der Waals surface area contributed by atoms with Gasteiger partial charge in [0, 0.05) is 16.0 Å². The standard InChI is InChI=1S/C19H18N4OS2/c24-17(15-8-5-12-3-1-2-4-14(12)20-15)22-19(9-10-19)16-11-25-18(21-16)23-26-13-6-7-13/h1-5,8,11,13H,6-7,9-10H2,(H,21,23)(H,22,24). The maximum absolute atomic E-state index is 12.7. The van der Waals surface area contributed by atoms with E-state index in [4.69, 9.17) is 4.98 Å². The van der Waals surface area contributed by atoms with Crippen molar-refractivity contribution in [3.63, 3.8) is 0 Å². The monoisotopic (exact) mass is 382 g/mol. The second kappa shape index (κ2) is 6.25. The third-order valence-electron chi connectivity index (χ3n) is 4.77. The van der Waals surface area contributed by atoms with Gasteiger partial charge in [0.1, 0.15) is 5.69 Å². The van der Waals surface area contributed by atoms with E-state index in [9.17, 15) is 4.79 Å². The molecule has 2 aromatic heterocycles. The third-order valence-corrected chi connectivity index (χ3v) is 6.77. The van der Waals surface area contributed by atoms with E-state index in [0.717, 1.165) is 39.8 Å². The molecule has 2 N–H and O–H groups in total. The smallest absolute Gasteiger partial charge is 0.270 e. The number of anilines is 1. The fourth-order valence-electron chi connectivity index (χ4n) is 2.90. The third kappa shape index (κ3) is 3.17. The number of hydrogen-bond acceptors (Lipinski definition) is 6. The zero-order valence-electron chi connectivity index (χ0n) is 14.1. The lowest BCUT2D eigenvalue weighted by Crippen LogP contribution is -2.35. The lowest BCUT2D eigenvalue weighted by atomic mass is 10.1. The zero-order chi connectivity index (χ0) is 17.6. The zero-order valence-corrected chi connectivity index (χ0v) is 15.7. The molecule has 0 spiro atoms. The molecule has 2 aliphatic rings. The molecule has 0 saturated heterocycles. The van der Waals surface area contributed by atoms with E-state index in [-0.39, 0.29) is 11.4 Å². The summed E-state index contributed by atoms with van der Waals surface area (Å²) in [5.74, 6) is -0.136. The normalized spacial score (nSPS) is 17.8. The maximum Gasteiger partial charge on any atom is 0.270 e. The molecule has 7 heteroatoms. The molecule has 2 heterocycles. The number of nitrogens with zero attached hydrogens (tertiary/aromatic N) is 2. The Morgan fingerprint density at radius 1 is 1.15 bits per heavy atom. The number of benzene rings is 1. The van der Waals surface area contributed by atoms with Crippen molar-refractivity contribution < 1.29 is 4.79 Å². The number of fused-ring (bicyclic) bond motifs is 1. The Labute approximate surface area is 159 Å². The summed E-state index contributed by atoms with van der Waals surface area (Å²) in [6.45, 7) is 0. The average Bonchev–Trinajstić information content (AvgIpc) is 3.60. The van der Waals surface area contributed by atoms with Gasteiger partial charge in [0.15, 0.2) is 5.13 Å². The van der Waals surface area contributed by atoms with Crippen LogP contribution in [-0.2, 0) is 5.54 Å². The second-order valence-electron chi connectivity index (χ2n) is 6.88. The van der Waals surface area contributed by atoms with Crippen LogP contribution in [0.25, 0.3) is 10.9 Å². The quantitative estimate of drug-likeness (QED) is 0.621. The van der Waals surface area contributed by atoms with Crippen molar-refractivity contribution >= 4 is 45.2 Å². The van der Waals surface area contributed by atoms with Crippen molar-refractivity contribution in [3.8, 4) is 0 Å². The Bertz CT molecular complexity index is 978. The highest BCUT2D eigenvalue weighted by Gasteiger charge is 2.48. The molecule has 1 amide bonds. The Kier molecular flexibility index (Phi) is 3.86. The number of carbonyl (C=O) groups is 1. The second-order valence-corrected chi connectivity index (χ2v) is 8.85. The van der Waals surface area contributed by atoms with Crippen molar-refractivity contribution in [1.82, 2.24) is 15.3 Å². The lowest BCUT2D eigenvalue weighted by molar-refractivity contribution is 0.0925. The van der Waals surface area contributed by atoms with Gasteiger partial charge in [-0.1, -0.05) is 24.3 Å². The predicted molar refractivity (Wildman–Crippen MR) is 106 cm³/mol. The van der Waals surface area contributed by atoms with Crippen molar-refractivity contribution in [2.45, 2.75) is 36.5 Å². The van der Waals surface area contributed by atoms with Crippen LogP contribution < -0.4 is 10.0 Å². The van der Waals surface area contributed by atoms with Gasteiger partial charge in [0.25, 0.3) is 5.91 Å². The molecule has 3 aromatic rings. The van der Waals surface area contributed by atoms with Crippen LogP contribution in [0, 0.1) is 0 Å². The van der Waals surface area contributed by atoms with Gasteiger partial charge in [-0.15, -0.1) is 11.3 Å². The molecule has 5 rings (SSSR count). The summed E-state index contributed by atoms with van der Waals surface area (Å²) in [5, 5.41) is 7.90. The van der Waals surface area contributed by atoms with Crippen LogP contribution in [0.4, 0.5) is 5.13 Å². The number of hydrogen-bond donors (Lipinski definition) is 2. The maximum atomic E-state index is 12.7. The number of pyridine rings is 1. The molecule has 0 aliphatic heterocycles. The van der Waals surface area contributed by atoms with E-state index in [0.29, 0.717) is 5.69 Å². The van der Waals surface area contributed by atoms with Crippen LogP contribution in [0.3, 0.4) is 0 Å². The molecule has 2 aliphatic carbocycles. The minimum atomic E-state index is -0.328. The molecule has 0 radical (unpaired) electrons. The highest BCUT2D eigenvalue weighted by atomic mass is 32.2. The average molecular weight is 383 g/mol. The van der Waals surface area contributed by atoms with Crippen LogP contribution in [-0.4, -0.2) is 21.1 Å². The molecule has 0 bridgehead atoms. The Morgan fingerprint density at radius 2 is 2.00 bits per heavy atom. The number of carbonyl (C=O) groups excluding carboxylic acids is 1. The molecular formula is C19H18N4OS2. The Morgan fingerprint density at radius 3 is 2.81 bits per heavy atom. The molecule has 0 unspecified atom stereocenters. The number of amides is 1. The van der Waals surface area contributed by atoms with Crippen LogP contribution in [0.15, 0.2) is 41.8 Å². The molecule has 0 atom stereocenters. The number of rotatable bonds is 6. The minimum Gasteiger partial charge on any atom is -0.340 e. The molecule has 132 valence electrons. The number of para-hydroxylation sites is 1. The van der Waals surface area contributed by atoms with E-state index in [1.165, 1.54) is 12.8 Å². The highest BCUT2D eigenvalue weighted by molar-refractivity contribution is 8.01. The summed E-state index contributed by atoms with van der Waals surface area (Å²) < 4.78 is 3.33. The summed E-state index contributed by atoms with van der Waals surface area (Å²) in [5.41, 5.74) is 1.91. The molecule has 5 nitrogen and oxygen atoms in total. The predicted octanol–water partition coefficient (Wildman–Crippen LogP) is 4.33. The van der Waals surface area contributed by atoms with Gasteiger partial charge in [0.05, 0.1) is 16.7 Å². The summed E-state index contributed by atoms with van der Waals surface area (Å²) >= 11 is 3.35. The Balaban J connectivity index is 1.31. The molecule has 1 aromatic carbocycles. The van der Waals surface area contributed by atoms with E-state index < -0.39 is 0 Å². The summed E-state index contributed by atoms with van der Waals surface area (Å²) in [6, 6.07) is 11.6.